The second kappa shape index (κ2) is 6.44. The molecule has 0 fully saturated rings. The van der Waals surface area contributed by atoms with Gasteiger partial charge in [-0.1, -0.05) is 6.92 Å². The molecule has 1 N–H and O–H groups in total. The number of aryl methyl sites for hydroxylation is 1. The predicted octanol–water partition coefficient (Wildman–Crippen LogP) is 4.03. The van der Waals surface area contributed by atoms with Crippen molar-refractivity contribution in [2.45, 2.75) is 20.3 Å². The molecule has 5 nitrogen and oxygen atoms in total. The summed E-state index contributed by atoms with van der Waals surface area (Å²) in [6.45, 7) is 3.57. The van der Waals surface area contributed by atoms with E-state index in [1.54, 1.807) is 19.2 Å². The zero-order chi connectivity index (χ0) is 18.2. The molecule has 3 aromatic rings. The number of sulfonamides is 1. The van der Waals surface area contributed by atoms with Gasteiger partial charge in [-0.05, 0) is 37.1 Å². The summed E-state index contributed by atoms with van der Waals surface area (Å²) in [4.78, 5) is 7.18. The molecule has 0 saturated carbocycles. The molecular weight excluding hydrogens is 348 g/mol. The minimum absolute atomic E-state index is 0.173. The zero-order valence-electron chi connectivity index (χ0n) is 13.8. The van der Waals surface area contributed by atoms with Crippen LogP contribution in [0.25, 0.3) is 11.0 Å². The van der Waals surface area contributed by atoms with Crippen molar-refractivity contribution in [3.05, 3.63) is 53.9 Å². The first kappa shape index (κ1) is 17.3. The smallest absolute Gasteiger partial charge is 0.239 e. The molecule has 0 radical (unpaired) electrons. The maximum Gasteiger partial charge on any atom is 0.239 e. The standard InChI is InChI=1S/C17H17F2N3O2S/c1-3-6-25(23,24)22(16-5-4-12(18)7-15(16)19)13-8-14-11(2)9-20-17(14)21-10-13/h4-5,7-10H,3,6H2,1-2H3,(H,20,21). The molecule has 0 bridgehead atoms. The third-order valence-corrected chi connectivity index (χ3v) is 5.71. The van der Waals surface area contributed by atoms with E-state index in [2.05, 4.69) is 9.97 Å². The summed E-state index contributed by atoms with van der Waals surface area (Å²) in [6, 6.07) is 4.44. The molecule has 0 aliphatic carbocycles. The van der Waals surface area contributed by atoms with E-state index in [1.807, 2.05) is 6.92 Å². The molecule has 2 heterocycles. The lowest BCUT2D eigenvalue weighted by atomic mass is 10.2. The third-order valence-electron chi connectivity index (χ3n) is 3.83. The largest absolute Gasteiger partial charge is 0.346 e. The maximum absolute atomic E-state index is 14.3. The van der Waals surface area contributed by atoms with Gasteiger partial charge in [-0.25, -0.2) is 26.5 Å². The van der Waals surface area contributed by atoms with Crippen molar-refractivity contribution in [2.75, 3.05) is 10.1 Å². The Morgan fingerprint density at radius 1 is 1.24 bits per heavy atom. The van der Waals surface area contributed by atoms with E-state index in [-0.39, 0.29) is 17.1 Å². The first-order valence-electron chi connectivity index (χ1n) is 7.75. The van der Waals surface area contributed by atoms with Crippen LogP contribution in [0.2, 0.25) is 0 Å². The topological polar surface area (TPSA) is 66.1 Å². The number of aromatic nitrogens is 2. The lowest BCUT2D eigenvalue weighted by Gasteiger charge is -2.24. The first-order chi connectivity index (χ1) is 11.8. The van der Waals surface area contributed by atoms with Gasteiger partial charge in [0.25, 0.3) is 0 Å². The minimum Gasteiger partial charge on any atom is -0.346 e. The van der Waals surface area contributed by atoms with Crippen LogP contribution < -0.4 is 4.31 Å². The molecule has 3 rings (SSSR count). The number of benzene rings is 1. The van der Waals surface area contributed by atoms with E-state index >= 15 is 0 Å². The van der Waals surface area contributed by atoms with Crippen LogP contribution in [0.5, 0.6) is 0 Å². The van der Waals surface area contributed by atoms with Crippen LogP contribution in [-0.2, 0) is 10.0 Å². The van der Waals surface area contributed by atoms with E-state index in [1.165, 1.54) is 6.20 Å². The third kappa shape index (κ3) is 3.21. The lowest BCUT2D eigenvalue weighted by Crippen LogP contribution is -2.29. The molecular formula is C17H17F2N3O2S. The van der Waals surface area contributed by atoms with Crippen molar-refractivity contribution in [3.63, 3.8) is 0 Å². The van der Waals surface area contributed by atoms with Crippen molar-refractivity contribution in [1.29, 1.82) is 0 Å². The van der Waals surface area contributed by atoms with E-state index < -0.39 is 21.7 Å². The number of hydrogen-bond donors (Lipinski definition) is 1. The summed E-state index contributed by atoms with van der Waals surface area (Å²) in [5, 5.41) is 0.733. The summed E-state index contributed by atoms with van der Waals surface area (Å²) in [7, 11) is -3.86. The number of anilines is 2. The van der Waals surface area contributed by atoms with E-state index in [0.717, 1.165) is 27.4 Å². The van der Waals surface area contributed by atoms with Crippen molar-refractivity contribution >= 4 is 32.4 Å². The highest BCUT2D eigenvalue weighted by molar-refractivity contribution is 7.93. The van der Waals surface area contributed by atoms with Gasteiger partial charge in [-0.15, -0.1) is 0 Å². The van der Waals surface area contributed by atoms with Crippen molar-refractivity contribution in [2.24, 2.45) is 0 Å². The molecule has 0 spiro atoms. The fourth-order valence-electron chi connectivity index (χ4n) is 2.68. The highest BCUT2D eigenvalue weighted by atomic mass is 32.2. The van der Waals surface area contributed by atoms with Crippen LogP contribution in [0, 0.1) is 18.6 Å². The molecule has 0 saturated heterocycles. The second-order valence-electron chi connectivity index (χ2n) is 5.74. The molecule has 8 heteroatoms. The molecule has 0 atom stereocenters. The Bertz CT molecular complexity index is 1030. The van der Waals surface area contributed by atoms with Gasteiger partial charge in [0, 0.05) is 17.6 Å². The summed E-state index contributed by atoms with van der Waals surface area (Å²) >= 11 is 0. The average molecular weight is 365 g/mol. The molecule has 0 unspecified atom stereocenters. The number of pyridine rings is 1. The highest BCUT2D eigenvalue weighted by Crippen LogP contribution is 2.33. The fraction of sp³-hybridized carbons (Fsp3) is 0.235. The Balaban J connectivity index is 2.24. The van der Waals surface area contributed by atoms with Crippen LogP contribution in [0.1, 0.15) is 18.9 Å². The van der Waals surface area contributed by atoms with Crippen LogP contribution >= 0.6 is 0 Å². The number of rotatable bonds is 5. The molecule has 0 amide bonds. The van der Waals surface area contributed by atoms with Gasteiger partial charge in [0.15, 0.2) is 5.82 Å². The second-order valence-corrected chi connectivity index (χ2v) is 7.67. The number of hydrogen-bond acceptors (Lipinski definition) is 3. The molecule has 0 aliphatic rings. The van der Waals surface area contributed by atoms with Gasteiger partial charge in [-0.2, -0.15) is 0 Å². The summed E-state index contributed by atoms with van der Waals surface area (Å²) < 4.78 is 54.0. The van der Waals surface area contributed by atoms with Crippen LogP contribution in [0.15, 0.2) is 36.7 Å². The zero-order valence-corrected chi connectivity index (χ0v) is 14.6. The number of nitrogens with zero attached hydrogens (tertiary/aromatic N) is 2. The molecule has 1 aromatic carbocycles. The van der Waals surface area contributed by atoms with Crippen LogP contribution in [0.4, 0.5) is 20.2 Å². The van der Waals surface area contributed by atoms with Gasteiger partial charge in [-0.3, -0.25) is 0 Å². The van der Waals surface area contributed by atoms with E-state index in [0.29, 0.717) is 18.1 Å². The fourth-order valence-corrected chi connectivity index (χ4v) is 4.25. The maximum atomic E-state index is 14.3. The van der Waals surface area contributed by atoms with Gasteiger partial charge in [0.05, 0.1) is 23.3 Å². The predicted molar refractivity (Wildman–Crippen MR) is 93.4 cm³/mol. The Kier molecular flexibility index (Phi) is 4.47. The van der Waals surface area contributed by atoms with Crippen molar-refractivity contribution < 1.29 is 17.2 Å². The normalized spacial score (nSPS) is 11.8. The summed E-state index contributed by atoms with van der Waals surface area (Å²) in [6.07, 6.45) is 3.47. The number of H-pyrrole nitrogens is 1. The number of fused-ring (bicyclic) bond motifs is 1. The summed E-state index contributed by atoms with van der Waals surface area (Å²) in [5.74, 6) is -1.90. The van der Waals surface area contributed by atoms with Crippen LogP contribution in [0.3, 0.4) is 0 Å². The Morgan fingerprint density at radius 3 is 2.68 bits per heavy atom. The Labute approximate surface area is 144 Å². The SMILES string of the molecule is CCCS(=O)(=O)N(c1cnc2[nH]cc(C)c2c1)c1ccc(F)cc1F. The number of halogens is 2. The van der Waals surface area contributed by atoms with Crippen molar-refractivity contribution in [1.82, 2.24) is 9.97 Å². The Morgan fingerprint density at radius 2 is 2.00 bits per heavy atom. The Hall–Kier alpha value is -2.48. The first-order valence-corrected chi connectivity index (χ1v) is 9.36. The molecule has 0 aliphatic heterocycles. The van der Waals surface area contributed by atoms with Crippen molar-refractivity contribution in [3.8, 4) is 0 Å². The van der Waals surface area contributed by atoms with Gasteiger partial charge < -0.3 is 4.98 Å². The minimum atomic E-state index is -3.86. The summed E-state index contributed by atoms with van der Waals surface area (Å²) in [5.41, 5.74) is 1.46. The average Bonchev–Trinajstić information content (AvgIpc) is 2.91. The van der Waals surface area contributed by atoms with E-state index in [9.17, 15) is 17.2 Å². The van der Waals surface area contributed by atoms with Gasteiger partial charge in [0.1, 0.15) is 11.5 Å². The van der Waals surface area contributed by atoms with E-state index in [4.69, 9.17) is 0 Å². The number of aromatic amines is 1. The molecule has 132 valence electrons. The number of nitrogens with one attached hydrogen (secondary N) is 1. The molecule has 2 aromatic heterocycles. The van der Waals surface area contributed by atoms with Crippen LogP contribution in [-0.4, -0.2) is 24.1 Å². The lowest BCUT2D eigenvalue weighted by molar-refractivity contribution is 0.578. The highest BCUT2D eigenvalue weighted by Gasteiger charge is 2.27. The monoisotopic (exact) mass is 365 g/mol. The quantitative estimate of drug-likeness (QED) is 0.742. The van der Waals surface area contributed by atoms with Gasteiger partial charge in [0.2, 0.25) is 10.0 Å². The van der Waals surface area contributed by atoms with Gasteiger partial charge >= 0.3 is 0 Å². The molecule has 25 heavy (non-hydrogen) atoms.